The van der Waals surface area contributed by atoms with E-state index in [1.165, 1.54) is 16.2 Å². The first-order valence-corrected chi connectivity index (χ1v) is 6.44. The number of hydrogen-bond acceptors (Lipinski definition) is 2. The van der Waals surface area contributed by atoms with Gasteiger partial charge in [0.15, 0.2) is 0 Å². The zero-order valence-electron chi connectivity index (χ0n) is 10.7. The molecule has 3 aromatic rings. The largest absolute Gasteiger partial charge is 0.459 e. The molecule has 1 aromatic heterocycles. The second kappa shape index (κ2) is 4.46. The van der Waals surface area contributed by atoms with Crippen LogP contribution in [0.5, 0.6) is 0 Å². The summed E-state index contributed by atoms with van der Waals surface area (Å²) in [5, 5.41) is 6.96. The van der Waals surface area contributed by atoms with Crippen molar-refractivity contribution in [2.45, 2.75) is 19.9 Å². The summed E-state index contributed by atoms with van der Waals surface area (Å²) in [5.41, 5.74) is 0.993. The molecule has 1 atom stereocenters. The van der Waals surface area contributed by atoms with Crippen LogP contribution in [0.2, 0.25) is 0 Å². The van der Waals surface area contributed by atoms with Crippen LogP contribution in [0.15, 0.2) is 46.9 Å². The average Bonchev–Trinajstić information content (AvgIpc) is 2.83. The molecular formula is C16H17NO. The van der Waals surface area contributed by atoms with Crippen molar-refractivity contribution in [3.63, 3.8) is 0 Å². The number of benzene rings is 2. The first-order valence-electron chi connectivity index (χ1n) is 6.44. The molecule has 0 aliphatic carbocycles. The van der Waals surface area contributed by atoms with Crippen molar-refractivity contribution >= 4 is 21.7 Å². The molecule has 0 aliphatic rings. The summed E-state index contributed by atoms with van der Waals surface area (Å²) in [6.45, 7) is 5.18. The van der Waals surface area contributed by atoms with Gasteiger partial charge in [0, 0.05) is 10.8 Å². The van der Waals surface area contributed by atoms with E-state index in [4.69, 9.17) is 4.42 Å². The summed E-state index contributed by atoms with van der Waals surface area (Å²) in [7, 11) is 0. The van der Waals surface area contributed by atoms with Crippen LogP contribution < -0.4 is 5.32 Å². The highest BCUT2D eigenvalue weighted by atomic mass is 16.3. The lowest BCUT2D eigenvalue weighted by atomic mass is 10.1. The molecule has 0 saturated heterocycles. The summed E-state index contributed by atoms with van der Waals surface area (Å²) < 4.78 is 6.03. The van der Waals surface area contributed by atoms with Crippen LogP contribution in [0.1, 0.15) is 25.6 Å². The van der Waals surface area contributed by atoms with E-state index in [0.717, 1.165) is 17.9 Å². The van der Waals surface area contributed by atoms with Crippen molar-refractivity contribution in [3.05, 3.63) is 48.2 Å². The molecule has 18 heavy (non-hydrogen) atoms. The molecule has 0 bridgehead atoms. The molecule has 2 aromatic carbocycles. The van der Waals surface area contributed by atoms with Gasteiger partial charge in [0.25, 0.3) is 0 Å². The van der Waals surface area contributed by atoms with E-state index in [0.29, 0.717) is 0 Å². The number of hydrogen-bond donors (Lipinski definition) is 1. The maximum absolute atomic E-state index is 6.03. The smallest absolute Gasteiger partial charge is 0.142 e. The molecule has 1 heterocycles. The Balaban J connectivity index is 2.19. The van der Waals surface area contributed by atoms with E-state index in [9.17, 15) is 0 Å². The number of furan rings is 1. The van der Waals surface area contributed by atoms with Gasteiger partial charge in [-0.05, 0) is 24.9 Å². The minimum absolute atomic E-state index is 0.251. The molecule has 2 nitrogen and oxygen atoms in total. The predicted octanol–water partition coefficient (Wildman–Crippen LogP) is 4.26. The second-order valence-electron chi connectivity index (χ2n) is 4.63. The maximum atomic E-state index is 6.03. The molecule has 0 saturated carbocycles. The first kappa shape index (κ1) is 11.3. The molecular weight excluding hydrogens is 222 g/mol. The second-order valence-corrected chi connectivity index (χ2v) is 4.63. The molecule has 1 N–H and O–H groups in total. The first-order chi connectivity index (χ1) is 8.79. The highest BCUT2D eigenvalue weighted by Crippen LogP contribution is 2.30. The van der Waals surface area contributed by atoms with E-state index < -0.39 is 0 Å². The van der Waals surface area contributed by atoms with Crippen molar-refractivity contribution in [2.75, 3.05) is 6.54 Å². The van der Waals surface area contributed by atoms with Crippen molar-refractivity contribution in [1.29, 1.82) is 0 Å². The van der Waals surface area contributed by atoms with Crippen molar-refractivity contribution in [2.24, 2.45) is 0 Å². The van der Waals surface area contributed by atoms with Gasteiger partial charge >= 0.3 is 0 Å². The summed E-state index contributed by atoms with van der Waals surface area (Å²) in [4.78, 5) is 0. The predicted molar refractivity (Wildman–Crippen MR) is 75.8 cm³/mol. The van der Waals surface area contributed by atoms with Crippen LogP contribution in [-0.4, -0.2) is 6.54 Å². The summed E-state index contributed by atoms with van der Waals surface area (Å²) in [5.74, 6) is 1.00. The van der Waals surface area contributed by atoms with E-state index in [1.807, 2.05) is 0 Å². The van der Waals surface area contributed by atoms with Crippen LogP contribution in [-0.2, 0) is 0 Å². The van der Waals surface area contributed by atoms with Crippen LogP contribution in [0, 0.1) is 0 Å². The van der Waals surface area contributed by atoms with Crippen molar-refractivity contribution in [3.8, 4) is 0 Å². The monoisotopic (exact) mass is 239 g/mol. The molecule has 1 unspecified atom stereocenters. The fourth-order valence-electron chi connectivity index (χ4n) is 2.41. The highest BCUT2D eigenvalue weighted by molar-refractivity contribution is 6.04. The Hall–Kier alpha value is -1.80. The van der Waals surface area contributed by atoms with Gasteiger partial charge in [-0.2, -0.15) is 0 Å². The average molecular weight is 239 g/mol. The number of nitrogens with one attached hydrogen (secondary N) is 1. The molecule has 0 aliphatic heterocycles. The maximum Gasteiger partial charge on any atom is 0.142 e. The molecule has 3 rings (SSSR count). The van der Waals surface area contributed by atoms with Crippen LogP contribution in [0.3, 0.4) is 0 Å². The van der Waals surface area contributed by atoms with Crippen molar-refractivity contribution < 1.29 is 4.42 Å². The van der Waals surface area contributed by atoms with Gasteiger partial charge in [0.2, 0.25) is 0 Å². The normalized spacial score (nSPS) is 13.2. The third-order valence-corrected chi connectivity index (χ3v) is 3.36. The summed E-state index contributed by atoms with van der Waals surface area (Å²) in [6, 6.07) is 15.0. The van der Waals surface area contributed by atoms with E-state index in [2.05, 4.69) is 61.6 Å². The van der Waals surface area contributed by atoms with E-state index in [1.54, 1.807) is 0 Å². The summed E-state index contributed by atoms with van der Waals surface area (Å²) in [6.07, 6.45) is 0. The SMILES string of the molecule is CCNC(C)c1cc2ccc3ccccc3c2o1. The Bertz CT molecular complexity index is 684. The standard InChI is InChI=1S/C16H17NO/c1-3-17-11(2)15-10-13-9-8-12-6-4-5-7-14(12)16(13)18-15/h4-11,17H,3H2,1-2H3. The lowest BCUT2D eigenvalue weighted by Gasteiger charge is -2.07. The molecule has 0 fully saturated rings. The van der Waals surface area contributed by atoms with Gasteiger partial charge in [0.1, 0.15) is 11.3 Å². The zero-order valence-corrected chi connectivity index (χ0v) is 10.7. The Morgan fingerprint density at radius 3 is 2.72 bits per heavy atom. The molecule has 2 heteroatoms. The summed E-state index contributed by atoms with van der Waals surface area (Å²) >= 11 is 0. The fourth-order valence-corrected chi connectivity index (χ4v) is 2.41. The third kappa shape index (κ3) is 1.79. The minimum atomic E-state index is 0.251. The van der Waals surface area contributed by atoms with Gasteiger partial charge in [-0.1, -0.05) is 43.3 Å². The Morgan fingerprint density at radius 1 is 1.11 bits per heavy atom. The van der Waals surface area contributed by atoms with Gasteiger partial charge in [-0.3, -0.25) is 0 Å². The third-order valence-electron chi connectivity index (χ3n) is 3.36. The number of rotatable bonds is 3. The van der Waals surface area contributed by atoms with Gasteiger partial charge in [-0.15, -0.1) is 0 Å². The number of fused-ring (bicyclic) bond motifs is 3. The van der Waals surface area contributed by atoms with Crippen LogP contribution >= 0.6 is 0 Å². The Kier molecular flexibility index (Phi) is 2.80. The minimum Gasteiger partial charge on any atom is -0.459 e. The van der Waals surface area contributed by atoms with E-state index in [-0.39, 0.29) is 6.04 Å². The topological polar surface area (TPSA) is 25.2 Å². The fraction of sp³-hybridized carbons (Fsp3) is 0.250. The Labute approximate surface area is 107 Å². The van der Waals surface area contributed by atoms with Gasteiger partial charge in [0.05, 0.1) is 6.04 Å². The molecule has 0 spiro atoms. The molecule has 92 valence electrons. The lowest BCUT2D eigenvalue weighted by Crippen LogP contribution is -2.16. The highest BCUT2D eigenvalue weighted by Gasteiger charge is 2.11. The lowest BCUT2D eigenvalue weighted by molar-refractivity contribution is 0.461. The van der Waals surface area contributed by atoms with Gasteiger partial charge < -0.3 is 9.73 Å². The van der Waals surface area contributed by atoms with Gasteiger partial charge in [-0.25, -0.2) is 0 Å². The quantitative estimate of drug-likeness (QED) is 0.739. The van der Waals surface area contributed by atoms with E-state index >= 15 is 0 Å². The van der Waals surface area contributed by atoms with Crippen molar-refractivity contribution in [1.82, 2.24) is 5.32 Å². The van der Waals surface area contributed by atoms with Crippen LogP contribution in [0.25, 0.3) is 21.7 Å². The Morgan fingerprint density at radius 2 is 1.89 bits per heavy atom. The zero-order chi connectivity index (χ0) is 12.5. The van der Waals surface area contributed by atoms with Crippen LogP contribution in [0.4, 0.5) is 0 Å². The molecule has 0 amide bonds. The molecule has 0 radical (unpaired) electrons.